The zero-order chi connectivity index (χ0) is 26.9. The highest BCUT2D eigenvalue weighted by atomic mass is 16.5. The predicted octanol–water partition coefficient (Wildman–Crippen LogP) is 5.83. The van der Waals surface area contributed by atoms with Crippen molar-refractivity contribution in [3.63, 3.8) is 0 Å². The highest BCUT2D eigenvalue weighted by Gasteiger charge is 2.23. The minimum Gasteiger partial charge on any atom is -0.465 e. The molecule has 0 saturated carbocycles. The Bertz CT molecular complexity index is 1400. The van der Waals surface area contributed by atoms with Crippen LogP contribution in [0.1, 0.15) is 31.8 Å². The average Bonchev–Trinajstić information content (AvgIpc) is 2.97. The number of benzene rings is 4. The van der Waals surface area contributed by atoms with Crippen molar-refractivity contribution >= 4 is 23.5 Å². The van der Waals surface area contributed by atoms with E-state index in [9.17, 15) is 14.4 Å². The van der Waals surface area contributed by atoms with E-state index in [0.29, 0.717) is 11.4 Å². The number of ether oxygens (including phenoxy) is 3. The molecule has 0 aliphatic rings. The zero-order valence-electron chi connectivity index (χ0n) is 21.1. The van der Waals surface area contributed by atoms with Crippen LogP contribution < -0.4 is 9.64 Å². The van der Waals surface area contributed by atoms with Crippen LogP contribution in [0.5, 0.6) is 11.5 Å². The topological polar surface area (TPSA) is 82.1 Å². The second-order valence-electron chi connectivity index (χ2n) is 8.41. The van der Waals surface area contributed by atoms with E-state index in [0.717, 1.165) is 16.9 Å². The molecule has 0 atom stereocenters. The quantitative estimate of drug-likeness (QED) is 0.264. The Morgan fingerprint density at radius 1 is 0.632 bits per heavy atom. The fourth-order valence-electron chi connectivity index (χ4n) is 3.93. The molecule has 0 aliphatic carbocycles. The van der Waals surface area contributed by atoms with E-state index in [2.05, 4.69) is 0 Å². The molecule has 192 valence electrons. The lowest BCUT2D eigenvalue weighted by Crippen LogP contribution is -2.32. The summed E-state index contributed by atoms with van der Waals surface area (Å²) < 4.78 is 15.5. The van der Waals surface area contributed by atoms with Crippen molar-refractivity contribution in [1.29, 1.82) is 0 Å². The van der Waals surface area contributed by atoms with Crippen LogP contribution in [0.15, 0.2) is 103 Å². The lowest BCUT2D eigenvalue weighted by atomic mass is 10.0. The number of para-hydroxylation sites is 1. The van der Waals surface area contributed by atoms with Gasteiger partial charge >= 0.3 is 11.9 Å². The second-order valence-corrected chi connectivity index (χ2v) is 8.41. The molecule has 0 unspecified atom stereocenters. The summed E-state index contributed by atoms with van der Waals surface area (Å²) in [6, 6.07) is 30.9. The van der Waals surface area contributed by atoms with E-state index in [1.807, 2.05) is 84.9 Å². The smallest absolute Gasteiger partial charge is 0.338 e. The molecule has 0 radical (unpaired) electrons. The van der Waals surface area contributed by atoms with E-state index in [-0.39, 0.29) is 30.0 Å². The normalized spacial score (nSPS) is 10.4. The molecule has 7 nitrogen and oxygen atoms in total. The first-order chi connectivity index (χ1) is 18.5. The summed E-state index contributed by atoms with van der Waals surface area (Å²) in [5.41, 5.74) is 2.24. The van der Waals surface area contributed by atoms with Gasteiger partial charge in [0.05, 0.1) is 38.3 Å². The molecule has 0 fully saturated rings. The molecule has 38 heavy (non-hydrogen) atoms. The average molecular weight is 510 g/mol. The van der Waals surface area contributed by atoms with Gasteiger partial charge in [0, 0.05) is 5.69 Å². The van der Waals surface area contributed by atoms with Crippen molar-refractivity contribution in [2.45, 2.75) is 13.0 Å². The third-order valence-corrected chi connectivity index (χ3v) is 5.87. The van der Waals surface area contributed by atoms with Gasteiger partial charge in [-0.1, -0.05) is 60.7 Å². The van der Waals surface area contributed by atoms with E-state index in [1.54, 1.807) is 11.0 Å². The highest BCUT2D eigenvalue weighted by molar-refractivity contribution is 6.05. The summed E-state index contributed by atoms with van der Waals surface area (Å²) in [5, 5.41) is 0. The molecular formula is C31H27NO6. The Morgan fingerprint density at radius 2 is 1.21 bits per heavy atom. The van der Waals surface area contributed by atoms with Crippen molar-refractivity contribution in [2.24, 2.45) is 0 Å². The number of methoxy groups -OCH3 is 2. The first kappa shape index (κ1) is 26.2. The van der Waals surface area contributed by atoms with Gasteiger partial charge in [0.1, 0.15) is 11.5 Å². The minimum atomic E-state index is -0.701. The number of esters is 2. The zero-order valence-corrected chi connectivity index (χ0v) is 21.1. The van der Waals surface area contributed by atoms with E-state index < -0.39 is 11.9 Å². The van der Waals surface area contributed by atoms with Gasteiger partial charge in [0.2, 0.25) is 5.91 Å². The Labute approximate surface area is 221 Å². The molecule has 4 aromatic carbocycles. The molecule has 7 heteroatoms. The fourth-order valence-corrected chi connectivity index (χ4v) is 3.93. The third kappa shape index (κ3) is 6.44. The van der Waals surface area contributed by atoms with Crippen molar-refractivity contribution < 1.29 is 28.6 Å². The predicted molar refractivity (Wildman–Crippen MR) is 143 cm³/mol. The van der Waals surface area contributed by atoms with Crippen molar-refractivity contribution in [1.82, 2.24) is 0 Å². The van der Waals surface area contributed by atoms with Gasteiger partial charge in [0.15, 0.2) is 0 Å². The van der Waals surface area contributed by atoms with Crippen LogP contribution in [0.25, 0.3) is 0 Å². The molecule has 4 aromatic rings. The lowest BCUT2D eigenvalue weighted by Gasteiger charge is -2.24. The van der Waals surface area contributed by atoms with Crippen molar-refractivity contribution in [2.75, 3.05) is 19.1 Å². The molecule has 1 amide bonds. The second kappa shape index (κ2) is 12.4. The standard InChI is InChI=1S/C31H27NO6/c1-36-30(34)27-18-15-24(20-28(27)31(35)37-2)32(21-23-9-5-3-6-10-23)29(33)19-22-13-16-26(17-14-22)38-25-11-7-4-8-12-25/h3-18,20H,19,21H2,1-2H3. The van der Waals surface area contributed by atoms with Gasteiger partial charge in [-0.15, -0.1) is 0 Å². The van der Waals surface area contributed by atoms with Crippen LogP contribution in [-0.4, -0.2) is 32.1 Å². The first-order valence-corrected chi connectivity index (χ1v) is 12.0. The van der Waals surface area contributed by atoms with Gasteiger partial charge in [-0.3, -0.25) is 4.79 Å². The molecule has 0 heterocycles. The molecule has 0 spiro atoms. The Balaban J connectivity index is 1.61. The first-order valence-electron chi connectivity index (χ1n) is 12.0. The summed E-state index contributed by atoms with van der Waals surface area (Å²) in [4.78, 5) is 39.9. The molecule has 4 rings (SSSR count). The molecule has 0 bridgehead atoms. The largest absolute Gasteiger partial charge is 0.465 e. The van der Waals surface area contributed by atoms with E-state index >= 15 is 0 Å². The van der Waals surface area contributed by atoms with Gasteiger partial charge in [-0.25, -0.2) is 9.59 Å². The summed E-state index contributed by atoms with van der Waals surface area (Å²) in [7, 11) is 2.47. The van der Waals surface area contributed by atoms with Crippen molar-refractivity contribution in [3.8, 4) is 11.5 Å². The Morgan fingerprint density at radius 3 is 1.84 bits per heavy atom. The summed E-state index contributed by atoms with van der Waals surface area (Å²) >= 11 is 0. The van der Waals surface area contributed by atoms with E-state index in [4.69, 9.17) is 14.2 Å². The number of amides is 1. The summed E-state index contributed by atoms with van der Waals surface area (Å²) in [6.45, 7) is 0.271. The SMILES string of the molecule is COC(=O)c1ccc(N(Cc2ccccc2)C(=O)Cc2ccc(Oc3ccccc3)cc2)cc1C(=O)OC. The van der Waals surface area contributed by atoms with Crippen LogP contribution in [0, 0.1) is 0 Å². The number of anilines is 1. The van der Waals surface area contributed by atoms with E-state index in [1.165, 1.54) is 26.4 Å². The molecule has 0 saturated heterocycles. The monoisotopic (exact) mass is 509 g/mol. The van der Waals surface area contributed by atoms with Gasteiger partial charge in [-0.05, 0) is 53.6 Å². The van der Waals surface area contributed by atoms with Gasteiger partial charge in [-0.2, -0.15) is 0 Å². The molecule has 0 aliphatic heterocycles. The Hall–Kier alpha value is -4.91. The summed E-state index contributed by atoms with van der Waals surface area (Å²) in [5.74, 6) is -0.173. The summed E-state index contributed by atoms with van der Waals surface area (Å²) in [6.07, 6.45) is 0.116. The number of carbonyl (C=O) groups is 3. The van der Waals surface area contributed by atoms with Crippen LogP contribution in [0.4, 0.5) is 5.69 Å². The maximum atomic E-state index is 13.6. The maximum Gasteiger partial charge on any atom is 0.338 e. The minimum absolute atomic E-state index is 0.0186. The maximum absolute atomic E-state index is 13.6. The number of hydrogen-bond acceptors (Lipinski definition) is 6. The number of nitrogens with zero attached hydrogens (tertiary/aromatic N) is 1. The van der Waals surface area contributed by atoms with Crippen LogP contribution in [-0.2, 0) is 27.2 Å². The highest BCUT2D eigenvalue weighted by Crippen LogP contribution is 2.25. The fraction of sp³-hybridized carbons (Fsp3) is 0.129. The number of carbonyl (C=O) groups excluding carboxylic acids is 3. The van der Waals surface area contributed by atoms with Crippen LogP contribution >= 0.6 is 0 Å². The number of rotatable bonds is 9. The van der Waals surface area contributed by atoms with Crippen LogP contribution in [0.2, 0.25) is 0 Å². The third-order valence-electron chi connectivity index (χ3n) is 5.87. The van der Waals surface area contributed by atoms with Gasteiger partial charge < -0.3 is 19.1 Å². The van der Waals surface area contributed by atoms with Crippen molar-refractivity contribution in [3.05, 3.63) is 125 Å². The molecule has 0 aromatic heterocycles. The molecule has 0 N–H and O–H groups in total. The van der Waals surface area contributed by atoms with Gasteiger partial charge in [0.25, 0.3) is 0 Å². The Kier molecular flexibility index (Phi) is 8.51. The lowest BCUT2D eigenvalue weighted by molar-refractivity contribution is -0.118. The van der Waals surface area contributed by atoms with Crippen LogP contribution in [0.3, 0.4) is 0 Å². The molecular weight excluding hydrogens is 482 g/mol. The number of hydrogen-bond donors (Lipinski definition) is 0.